The number of nitrogens with one attached hydrogen (secondary N) is 1. The van der Waals surface area contributed by atoms with Crippen LogP contribution in [0.15, 0.2) is 36.5 Å². The summed E-state index contributed by atoms with van der Waals surface area (Å²) in [5.74, 6) is -1.68. The minimum Gasteiger partial charge on any atom is -0.475 e. The maximum atomic E-state index is 12.4. The first-order valence-corrected chi connectivity index (χ1v) is 9.62. The van der Waals surface area contributed by atoms with E-state index in [-0.39, 0.29) is 6.03 Å². The Bertz CT molecular complexity index is 869. The first-order valence-electron chi connectivity index (χ1n) is 9.62. The summed E-state index contributed by atoms with van der Waals surface area (Å²) in [6.45, 7) is 3.65. The van der Waals surface area contributed by atoms with Gasteiger partial charge in [-0.05, 0) is 19.7 Å². The van der Waals surface area contributed by atoms with Crippen molar-refractivity contribution in [1.29, 1.82) is 0 Å². The van der Waals surface area contributed by atoms with Gasteiger partial charge in [0, 0.05) is 45.3 Å². The van der Waals surface area contributed by atoms with Crippen molar-refractivity contribution in [3.05, 3.63) is 53.6 Å². The van der Waals surface area contributed by atoms with Gasteiger partial charge in [-0.3, -0.25) is 0 Å². The Balaban J connectivity index is 0.000000423. The highest BCUT2D eigenvalue weighted by Gasteiger charge is 2.38. The van der Waals surface area contributed by atoms with Gasteiger partial charge in [0.15, 0.2) is 0 Å². The van der Waals surface area contributed by atoms with Gasteiger partial charge in [0.2, 0.25) is 0 Å². The van der Waals surface area contributed by atoms with Crippen molar-refractivity contribution in [3.63, 3.8) is 0 Å². The van der Waals surface area contributed by atoms with E-state index in [1.807, 2.05) is 41.4 Å². The molecule has 1 aromatic carbocycles. The van der Waals surface area contributed by atoms with Gasteiger partial charge in [-0.25, -0.2) is 14.6 Å². The third-order valence-corrected chi connectivity index (χ3v) is 4.51. The predicted molar refractivity (Wildman–Crippen MR) is 107 cm³/mol. The predicted octanol–water partition coefficient (Wildman–Crippen LogP) is 2.35. The number of benzene rings is 1. The molecule has 2 N–H and O–H groups in total. The molecule has 1 aliphatic heterocycles. The first kappa shape index (κ1) is 24.2. The van der Waals surface area contributed by atoms with Gasteiger partial charge in [0.25, 0.3) is 0 Å². The lowest BCUT2D eigenvalue weighted by atomic mass is 10.2. The summed E-state index contributed by atoms with van der Waals surface area (Å²) in [6.07, 6.45) is -2.33. The van der Waals surface area contributed by atoms with E-state index in [2.05, 4.69) is 33.9 Å². The molecule has 0 saturated heterocycles. The highest BCUT2D eigenvalue weighted by atomic mass is 19.4. The van der Waals surface area contributed by atoms with Crippen LogP contribution in [0.25, 0.3) is 0 Å². The molecule has 8 nitrogen and oxygen atoms in total. The van der Waals surface area contributed by atoms with Gasteiger partial charge in [-0.1, -0.05) is 30.3 Å². The number of fused-ring (bicyclic) bond motifs is 1. The second-order valence-corrected chi connectivity index (χ2v) is 7.24. The smallest absolute Gasteiger partial charge is 0.475 e. The van der Waals surface area contributed by atoms with Crippen molar-refractivity contribution >= 4 is 12.0 Å². The van der Waals surface area contributed by atoms with Gasteiger partial charge in [0.1, 0.15) is 5.82 Å². The van der Waals surface area contributed by atoms with Crippen molar-refractivity contribution in [2.24, 2.45) is 0 Å². The Labute approximate surface area is 178 Å². The molecule has 0 radical (unpaired) electrons. The van der Waals surface area contributed by atoms with Crippen molar-refractivity contribution in [2.45, 2.75) is 32.2 Å². The summed E-state index contributed by atoms with van der Waals surface area (Å²) in [5, 5.41) is 10.1. The molecule has 0 spiro atoms. The van der Waals surface area contributed by atoms with E-state index in [0.29, 0.717) is 19.6 Å². The number of urea groups is 1. The van der Waals surface area contributed by atoms with Gasteiger partial charge in [-0.15, -0.1) is 0 Å². The molecule has 0 atom stereocenters. The molecule has 2 aromatic rings. The molecule has 0 aliphatic carbocycles. The van der Waals surface area contributed by atoms with E-state index in [1.54, 1.807) is 0 Å². The van der Waals surface area contributed by atoms with Crippen molar-refractivity contribution < 1.29 is 27.9 Å². The number of hydrogen-bond donors (Lipinski definition) is 2. The second-order valence-electron chi connectivity index (χ2n) is 7.24. The maximum Gasteiger partial charge on any atom is 0.490 e. The van der Waals surface area contributed by atoms with Crippen LogP contribution in [0.1, 0.15) is 17.1 Å². The molecular weight excluding hydrogens is 415 g/mol. The molecule has 170 valence electrons. The number of hydrogen-bond acceptors (Lipinski definition) is 4. The molecule has 2 heterocycles. The number of carbonyl (C=O) groups is 2. The van der Waals surface area contributed by atoms with Gasteiger partial charge >= 0.3 is 18.2 Å². The van der Waals surface area contributed by atoms with E-state index < -0.39 is 12.1 Å². The van der Waals surface area contributed by atoms with Crippen molar-refractivity contribution in [2.75, 3.05) is 27.2 Å². The number of rotatable bonds is 4. The standard InChI is InChI=1S/C18H25N5O.C2HF3O2/c1-21(2)14-16-13-19-17-8-9-22(10-11-23(16)17)18(24)20-12-15-6-4-3-5-7-15;3-2(4,5)1(6)7/h3-7,13H,8-12,14H2,1-2H3,(H,20,24);(H,6,7). The van der Waals surface area contributed by atoms with Gasteiger partial charge in [0.05, 0.1) is 5.69 Å². The Morgan fingerprint density at radius 3 is 2.39 bits per heavy atom. The first-order chi connectivity index (χ1) is 14.6. The lowest BCUT2D eigenvalue weighted by molar-refractivity contribution is -0.192. The average molecular weight is 441 g/mol. The number of alkyl halides is 3. The molecule has 11 heteroatoms. The van der Waals surface area contributed by atoms with Crippen LogP contribution in [-0.2, 0) is 30.8 Å². The topological polar surface area (TPSA) is 90.7 Å². The number of carbonyl (C=O) groups excluding carboxylic acids is 1. The van der Waals surface area contributed by atoms with Crippen LogP contribution in [0.3, 0.4) is 0 Å². The molecule has 0 bridgehead atoms. The quantitative estimate of drug-likeness (QED) is 0.760. The molecule has 0 saturated carbocycles. The Hall–Kier alpha value is -3.08. The summed E-state index contributed by atoms with van der Waals surface area (Å²) in [6, 6.07) is 9.99. The number of halogens is 3. The Morgan fingerprint density at radius 2 is 1.81 bits per heavy atom. The number of amides is 2. The normalized spacial score (nSPS) is 13.7. The summed E-state index contributed by atoms with van der Waals surface area (Å²) in [7, 11) is 4.11. The highest BCUT2D eigenvalue weighted by molar-refractivity contribution is 5.74. The Morgan fingerprint density at radius 1 is 1.16 bits per heavy atom. The van der Waals surface area contributed by atoms with Crippen LogP contribution in [0, 0.1) is 0 Å². The molecule has 1 aliphatic rings. The zero-order valence-corrected chi connectivity index (χ0v) is 17.4. The lowest BCUT2D eigenvalue weighted by Gasteiger charge is -2.21. The van der Waals surface area contributed by atoms with Crippen molar-refractivity contribution in [3.8, 4) is 0 Å². The summed E-state index contributed by atoms with van der Waals surface area (Å²) < 4.78 is 34.0. The molecule has 2 amide bonds. The summed E-state index contributed by atoms with van der Waals surface area (Å²) in [4.78, 5) is 29.9. The lowest BCUT2D eigenvalue weighted by Crippen LogP contribution is -2.41. The van der Waals surface area contributed by atoms with Gasteiger partial charge < -0.3 is 24.8 Å². The van der Waals surface area contributed by atoms with E-state index >= 15 is 0 Å². The minimum absolute atomic E-state index is 0.00114. The van der Waals surface area contributed by atoms with E-state index in [4.69, 9.17) is 9.90 Å². The fourth-order valence-electron chi connectivity index (χ4n) is 3.03. The van der Waals surface area contributed by atoms with E-state index in [1.165, 1.54) is 5.69 Å². The second kappa shape index (κ2) is 10.8. The highest BCUT2D eigenvalue weighted by Crippen LogP contribution is 2.14. The summed E-state index contributed by atoms with van der Waals surface area (Å²) in [5.41, 5.74) is 2.32. The van der Waals surface area contributed by atoms with Gasteiger partial charge in [-0.2, -0.15) is 13.2 Å². The van der Waals surface area contributed by atoms with Crippen molar-refractivity contribution in [1.82, 2.24) is 24.7 Å². The monoisotopic (exact) mass is 441 g/mol. The van der Waals surface area contributed by atoms with Crippen LogP contribution in [0.4, 0.5) is 18.0 Å². The minimum atomic E-state index is -5.08. The van der Waals surface area contributed by atoms with Crippen LogP contribution in [0.2, 0.25) is 0 Å². The Kier molecular flexibility index (Phi) is 8.43. The van der Waals surface area contributed by atoms with Crippen LogP contribution in [0.5, 0.6) is 0 Å². The number of nitrogens with zero attached hydrogens (tertiary/aromatic N) is 4. The molecule has 3 rings (SSSR count). The number of carboxylic acid groups (broad SMARTS) is 1. The molecular formula is C20H26F3N5O3. The fraction of sp³-hybridized carbons (Fsp3) is 0.450. The van der Waals surface area contributed by atoms with E-state index in [9.17, 15) is 18.0 Å². The van der Waals surface area contributed by atoms with Crippen LogP contribution >= 0.6 is 0 Å². The largest absolute Gasteiger partial charge is 0.490 e. The number of carboxylic acids is 1. The zero-order chi connectivity index (χ0) is 23.0. The number of aliphatic carboxylic acids is 1. The SMILES string of the molecule is CN(C)Cc1cnc2n1CCN(C(=O)NCc1ccccc1)CC2.O=C(O)C(F)(F)F. The molecule has 0 unspecified atom stereocenters. The zero-order valence-electron chi connectivity index (χ0n) is 17.4. The summed E-state index contributed by atoms with van der Waals surface area (Å²) >= 11 is 0. The third-order valence-electron chi connectivity index (χ3n) is 4.51. The molecule has 0 fully saturated rings. The third kappa shape index (κ3) is 7.59. The fourth-order valence-corrected chi connectivity index (χ4v) is 3.03. The molecule has 31 heavy (non-hydrogen) atoms. The maximum absolute atomic E-state index is 12.4. The van der Waals surface area contributed by atoms with E-state index in [0.717, 1.165) is 30.9 Å². The number of aromatic nitrogens is 2. The van der Waals surface area contributed by atoms with Crippen LogP contribution in [-0.4, -0.2) is 69.8 Å². The number of imidazole rings is 1. The van der Waals surface area contributed by atoms with Crippen LogP contribution < -0.4 is 5.32 Å². The average Bonchev–Trinajstić information content (AvgIpc) is 2.94. The molecule has 1 aromatic heterocycles.